The van der Waals surface area contributed by atoms with Gasteiger partial charge in [-0.2, -0.15) is 5.26 Å². The number of Topliss-reactive ketones (excluding diaryl/α,β-unsaturated/α-hetero) is 1. The number of carbonyl (C=O) groups excluding carboxylic acids is 2. The third kappa shape index (κ3) is 4.34. The normalized spacial score (nSPS) is 17.2. The average Bonchev–Trinajstić information content (AvgIpc) is 3.13. The standard InChI is InChI=1S/C29H25FN2O4/c1-29(2,3)19-9-14-23(36-4)22(15-19)26(33)24-25(18-7-10-20(30)11-8-18)32(28(35)27(24)34)21-12-5-17(16-31)6-13-21/h5-15,25,33H,1-4H3/b26-24+. The molecular weight excluding hydrogens is 459 g/mol. The molecule has 0 bridgehead atoms. The molecule has 0 aromatic heterocycles. The number of nitrogens with zero attached hydrogens (tertiary/aromatic N) is 2. The molecule has 6 nitrogen and oxygen atoms in total. The molecule has 3 aromatic carbocycles. The van der Waals surface area contributed by atoms with Crippen LogP contribution in [0.3, 0.4) is 0 Å². The van der Waals surface area contributed by atoms with Crippen LogP contribution in [0, 0.1) is 17.1 Å². The summed E-state index contributed by atoms with van der Waals surface area (Å²) in [5.74, 6) is -2.26. The number of rotatable bonds is 4. The van der Waals surface area contributed by atoms with Gasteiger partial charge in [-0.15, -0.1) is 0 Å². The molecule has 1 fully saturated rings. The minimum atomic E-state index is -1.03. The molecular formula is C29H25FN2O4. The zero-order valence-electron chi connectivity index (χ0n) is 20.4. The zero-order chi connectivity index (χ0) is 26.2. The summed E-state index contributed by atoms with van der Waals surface area (Å²) in [4.78, 5) is 27.9. The maximum atomic E-state index is 13.7. The molecule has 1 amide bonds. The predicted molar refractivity (Wildman–Crippen MR) is 134 cm³/mol. The second kappa shape index (κ2) is 9.31. The number of anilines is 1. The van der Waals surface area contributed by atoms with Gasteiger partial charge in [0, 0.05) is 5.69 Å². The average molecular weight is 485 g/mol. The summed E-state index contributed by atoms with van der Waals surface area (Å²) < 4.78 is 19.2. The van der Waals surface area contributed by atoms with Gasteiger partial charge in [-0.05, 0) is 65.1 Å². The van der Waals surface area contributed by atoms with Crippen molar-refractivity contribution in [3.05, 3.63) is 100 Å². The zero-order valence-corrected chi connectivity index (χ0v) is 20.4. The van der Waals surface area contributed by atoms with E-state index in [2.05, 4.69) is 0 Å². The highest BCUT2D eigenvalue weighted by Gasteiger charge is 2.47. The second-order valence-corrected chi connectivity index (χ2v) is 9.54. The molecule has 0 aliphatic carbocycles. The van der Waals surface area contributed by atoms with Crippen molar-refractivity contribution in [2.45, 2.75) is 32.2 Å². The summed E-state index contributed by atoms with van der Waals surface area (Å²) in [5.41, 5.74) is 1.95. The van der Waals surface area contributed by atoms with Crippen LogP contribution in [0.5, 0.6) is 5.75 Å². The van der Waals surface area contributed by atoms with Gasteiger partial charge >= 0.3 is 0 Å². The molecule has 1 atom stereocenters. The van der Waals surface area contributed by atoms with Gasteiger partial charge in [0.1, 0.15) is 17.3 Å². The molecule has 1 heterocycles. The fourth-order valence-corrected chi connectivity index (χ4v) is 4.26. The highest BCUT2D eigenvalue weighted by Crippen LogP contribution is 2.44. The lowest BCUT2D eigenvalue weighted by Crippen LogP contribution is -2.29. The molecule has 4 rings (SSSR count). The van der Waals surface area contributed by atoms with Crippen LogP contribution in [0.2, 0.25) is 0 Å². The molecule has 1 unspecified atom stereocenters. The first-order valence-electron chi connectivity index (χ1n) is 11.3. The van der Waals surface area contributed by atoms with E-state index in [0.29, 0.717) is 22.6 Å². The summed E-state index contributed by atoms with van der Waals surface area (Å²) in [6, 6.07) is 17.9. The Hall–Kier alpha value is -4.44. The Kier molecular flexibility index (Phi) is 6.38. The van der Waals surface area contributed by atoms with Crippen LogP contribution >= 0.6 is 0 Å². The SMILES string of the molecule is COc1ccc(C(C)(C)C)cc1/C(O)=C1\C(=O)C(=O)N(c2ccc(C#N)cc2)C1c1ccc(F)cc1. The number of aliphatic hydroxyl groups is 1. The smallest absolute Gasteiger partial charge is 0.300 e. The van der Waals surface area contributed by atoms with Gasteiger partial charge in [0.15, 0.2) is 0 Å². The lowest BCUT2D eigenvalue weighted by molar-refractivity contribution is -0.132. The fraction of sp³-hybridized carbons (Fsp3) is 0.207. The first-order valence-corrected chi connectivity index (χ1v) is 11.3. The summed E-state index contributed by atoms with van der Waals surface area (Å²) in [6.45, 7) is 6.04. The van der Waals surface area contributed by atoms with E-state index in [1.807, 2.05) is 32.9 Å². The van der Waals surface area contributed by atoms with Gasteiger partial charge in [-0.25, -0.2) is 4.39 Å². The van der Waals surface area contributed by atoms with Crippen LogP contribution in [-0.2, 0) is 15.0 Å². The Morgan fingerprint density at radius 3 is 2.22 bits per heavy atom. The monoisotopic (exact) mass is 484 g/mol. The Balaban J connectivity index is 1.98. The Labute approximate surface area is 208 Å². The van der Waals surface area contributed by atoms with E-state index in [4.69, 9.17) is 10.00 Å². The van der Waals surface area contributed by atoms with Gasteiger partial charge in [0.25, 0.3) is 11.7 Å². The number of nitriles is 1. The largest absolute Gasteiger partial charge is 0.507 e. The molecule has 7 heteroatoms. The third-order valence-electron chi connectivity index (χ3n) is 6.23. The molecule has 1 N–H and O–H groups in total. The van der Waals surface area contributed by atoms with Crippen LogP contribution in [0.4, 0.5) is 10.1 Å². The lowest BCUT2D eigenvalue weighted by atomic mass is 9.85. The molecule has 182 valence electrons. The van der Waals surface area contributed by atoms with Crippen molar-refractivity contribution in [2.75, 3.05) is 12.0 Å². The number of ketones is 1. The van der Waals surface area contributed by atoms with Crippen LogP contribution < -0.4 is 9.64 Å². The van der Waals surface area contributed by atoms with Crippen molar-refractivity contribution in [3.8, 4) is 11.8 Å². The van der Waals surface area contributed by atoms with E-state index in [1.54, 1.807) is 24.3 Å². The number of carbonyl (C=O) groups is 2. The predicted octanol–water partition coefficient (Wildman–Crippen LogP) is 5.63. The number of hydrogen-bond acceptors (Lipinski definition) is 5. The number of benzene rings is 3. The number of methoxy groups -OCH3 is 1. The number of aliphatic hydroxyl groups excluding tert-OH is 1. The number of hydrogen-bond donors (Lipinski definition) is 1. The molecule has 0 saturated carbocycles. The van der Waals surface area contributed by atoms with Crippen molar-refractivity contribution in [2.24, 2.45) is 0 Å². The first-order chi connectivity index (χ1) is 17.1. The molecule has 3 aromatic rings. The molecule has 36 heavy (non-hydrogen) atoms. The van der Waals surface area contributed by atoms with Gasteiger partial charge in [-0.1, -0.05) is 39.0 Å². The van der Waals surface area contributed by atoms with Crippen molar-refractivity contribution in [1.29, 1.82) is 5.26 Å². The summed E-state index contributed by atoms with van der Waals surface area (Å²) in [6.07, 6.45) is 0. The summed E-state index contributed by atoms with van der Waals surface area (Å²) in [5, 5.41) is 20.7. The molecule has 1 aliphatic rings. The Bertz CT molecular complexity index is 1410. The van der Waals surface area contributed by atoms with E-state index in [0.717, 1.165) is 5.56 Å². The quantitative estimate of drug-likeness (QED) is 0.294. The van der Waals surface area contributed by atoms with E-state index in [1.165, 1.54) is 48.4 Å². The van der Waals surface area contributed by atoms with E-state index in [9.17, 15) is 19.1 Å². The molecule has 1 saturated heterocycles. The van der Waals surface area contributed by atoms with Gasteiger partial charge in [0.05, 0.1) is 35.9 Å². The van der Waals surface area contributed by atoms with Gasteiger partial charge in [-0.3, -0.25) is 14.5 Å². The van der Waals surface area contributed by atoms with Crippen LogP contribution in [0.1, 0.15) is 49.1 Å². The topological polar surface area (TPSA) is 90.6 Å². The number of ether oxygens (including phenoxy) is 1. The summed E-state index contributed by atoms with van der Waals surface area (Å²) >= 11 is 0. The van der Waals surface area contributed by atoms with E-state index >= 15 is 0 Å². The van der Waals surface area contributed by atoms with Crippen LogP contribution in [-0.4, -0.2) is 23.9 Å². The van der Waals surface area contributed by atoms with Crippen LogP contribution in [0.15, 0.2) is 72.3 Å². The molecule has 0 spiro atoms. The van der Waals surface area contributed by atoms with Gasteiger partial charge in [0.2, 0.25) is 0 Å². The fourth-order valence-electron chi connectivity index (χ4n) is 4.26. The Morgan fingerprint density at radius 2 is 1.67 bits per heavy atom. The highest BCUT2D eigenvalue weighted by molar-refractivity contribution is 6.51. The molecule has 1 aliphatic heterocycles. The highest BCUT2D eigenvalue weighted by atomic mass is 19.1. The minimum Gasteiger partial charge on any atom is -0.507 e. The first kappa shape index (κ1) is 24.7. The van der Waals surface area contributed by atoms with Crippen molar-refractivity contribution < 1.29 is 23.8 Å². The van der Waals surface area contributed by atoms with Crippen molar-refractivity contribution in [1.82, 2.24) is 0 Å². The maximum Gasteiger partial charge on any atom is 0.300 e. The Morgan fingerprint density at radius 1 is 1.03 bits per heavy atom. The molecule has 0 radical (unpaired) electrons. The summed E-state index contributed by atoms with van der Waals surface area (Å²) in [7, 11) is 1.45. The third-order valence-corrected chi connectivity index (χ3v) is 6.23. The number of halogens is 1. The minimum absolute atomic E-state index is 0.139. The number of amides is 1. The van der Waals surface area contributed by atoms with Crippen LogP contribution in [0.25, 0.3) is 5.76 Å². The van der Waals surface area contributed by atoms with Crippen molar-refractivity contribution in [3.63, 3.8) is 0 Å². The van der Waals surface area contributed by atoms with E-state index < -0.39 is 23.5 Å². The maximum absolute atomic E-state index is 13.7. The van der Waals surface area contributed by atoms with Gasteiger partial charge < -0.3 is 9.84 Å². The second-order valence-electron chi connectivity index (χ2n) is 9.54. The lowest BCUT2D eigenvalue weighted by Gasteiger charge is -2.26. The van der Waals surface area contributed by atoms with Crippen molar-refractivity contribution >= 4 is 23.1 Å². The van der Waals surface area contributed by atoms with E-state index in [-0.39, 0.29) is 22.3 Å².